The molecule has 0 spiro atoms. The van der Waals surface area contributed by atoms with Gasteiger partial charge in [0.05, 0.1) is 5.75 Å². The van der Waals surface area contributed by atoms with Crippen LogP contribution in [-0.2, 0) is 9.84 Å². The first kappa shape index (κ1) is 13.9. The number of rotatable bonds is 4. The SMILES string of the molecule is CC1CNCCCN(CCCS(C)(=O)=O)C1. The van der Waals surface area contributed by atoms with Gasteiger partial charge in [-0.05, 0) is 44.9 Å². The zero-order valence-electron chi connectivity index (χ0n) is 10.4. The molecule has 1 N–H and O–H groups in total. The standard InChI is InChI=1S/C11H24N2O2S/c1-11-9-12-5-3-6-13(10-11)7-4-8-16(2,14)15/h11-12H,3-10H2,1-2H3. The molecule has 0 saturated carbocycles. The minimum Gasteiger partial charge on any atom is -0.316 e. The molecule has 4 nitrogen and oxygen atoms in total. The fraction of sp³-hybridized carbons (Fsp3) is 1.00. The third kappa shape index (κ3) is 6.45. The number of nitrogens with zero attached hydrogens (tertiary/aromatic N) is 1. The molecule has 1 heterocycles. The number of sulfone groups is 1. The van der Waals surface area contributed by atoms with E-state index in [-0.39, 0.29) is 0 Å². The Balaban J connectivity index is 2.28. The Hall–Kier alpha value is -0.130. The molecule has 0 radical (unpaired) electrons. The van der Waals surface area contributed by atoms with Crippen LogP contribution in [0.1, 0.15) is 19.8 Å². The van der Waals surface area contributed by atoms with E-state index >= 15 is 0 Å². The Labute approximate surface area is 99.3 Å². The van der Waals surface area contributed by atoms with Gasteiger partial charge in [-0.15, -0.1) is 0 Å². The molecular formula is C11H24N2O2S. The van der Waals surface area contributed by atoms with E-state index in [2.05, 4.69) is 17.1 Å². The maximum Gasteiger partial charge on any atom is 0.147 e. The van der Waals surface area contributed by atoms with Crippen molar-refractivity contribution in [3.63, 3.8) is 0 Å². The van der Waals surface area contributed by atoms with E-state index in [0.717, 1.165) is 45.6 Å². The summed E-state index contributed by atoms with van der Waals surface area (Å²) in [6, 6.07) is 0. The average Bonchev–Trinajstić information content (AvgIpc) is 2.11. The molecule has 0 bridgehead atoms. The highest BCUT2D eigenvalue weighted by Crippen LogP contribution is 2.04. The van der Waals surface area contributed by atoms with Gasteiger partial charge < -0.3 is 10.2 Å². The van der Waals surface area contributed by atoms with Crippen LogP contribution in [-0.4, -0.2) is 58.1 Å². The summed E-state index contributed by atoms with van der Waals surface area (Å²) in [6.07, 6.45) is 3.23. The molecule has 0 aliphatic carbocycles. The second kappa shape index (κ2) is 6.57. The first-order valence-electron chi connectivity index (χ1n) is 6.08. The molecule has 0 aromatic rings. The molecule has 0 amide bonds. The highest BCUT2D eigenvalue weighted by molar-refractivity contribution is 7.90. The van der Waals surface area contributed by atoms with Crippen LogP contribution in [0, 0.1) is 5.92 Å². The van der Waals surface area contributed by atoms with E-state index in [1.807, 2.05) is 0 Å². The predicted octanol–water partition coefficient (Wildman–Crippen LogP) is 0.353. The van der Waals surface area contributed by atoms with Crippen LogP contribution >= 0.6 is 0 Å². The van der Waals surface area contributed by atoms with Crippen molar-refractivity contribution in [2.45, 2.75) is 19.8 Å². The zero-order chi connectivity index (χ0) is 12.0. The Morgan fingerprint density at radius 3 is 2.88 bits per heavy atom. The van der Waals surface area contributed by atoms with Crippen molar-refractivity contribution in [1.29, 1.82) is 0 Å². The van der Waals surface area contributed by atoms with E-state index in [9.17, 15) is 8.42 Å². The molecular weight excluding hydrogens is 224 g/mol. The molecule has 1 rings (SSSR count). The lowest BCUT2D eigenvalue weighted by molar-refractivity contribution is 0.217. The third-order valence-corrected chi connectivity index (χ3v) is 3.91. The second-order valence-corrected chi connectivity index (χ2v) is 7.21. The lowest BCUT2D eigenvalue weighted by Gasteiger charge is -2.28. The normalized spacial score (nSPS) is 25.0. The maximum atomic E-state index is 11.0. The topological polar surface area (TPSA) is 49.4 Å². The highest BCUT2D eigenvalue weighted by atomic mass is 32.2. The van der Waals surface area contributed by atoms with Gasteiger partial charge in [0.2, 0.25) is 0 Å². The van der Waals surface area contributed by atoms with E-state index in [0.29, 0.717) is 11.7 Å². The van der Waals surface area contributed by atoms with E-state index in [4.69, 9.17) is 0 Å². The van der Waals surface area contributed by atoms with Crippen molar-refractivity contribution < 1.29 is 8.42 Å². The molecule has 1 aliphatic heterocycles. The van der Waals surface area contributed by atoms with Crippen LogP contribution in [0.5, 0.6) is 0 Å². The summed E-state index contributed by atoms with van der Waals surface area (Å²) in [6.45, 7) is 7.46. The first-order chi connectivity index (χ1) is 7.47. The second-order valence-electron chi connectivity index (χ2n) is 4.95. The Bertz CT molecular complexity index is 290. The first-order valence-corrected chi connectivity index (χ1v) is 8.14. The van der Waals surface area contributed by atoms with Gasteiger partial charge in [0.15, 0.2) is 0 Å². The van der Waals surface area contributed by atoms with Gasteiger partial charge in [-0.3, -0.25) is 0 Å². The van der Waals surface area contributed by atoms with Crippen LogP contribution in [0.3, 0.4) is 0 Å². The molecule has 1 aliphatic rings. The van der Waals surface area contributed by atoms with E-state index in [1.54, 1.807) is 0 Å². The fourth-order valence-corrected chi connectivity index (χ4v) is 2.78. The highest BCUT2D eigenvalue weighted by Gasteiger charge is 2.13. The van der Waals surface area contributed by atoms with Crippen molar-refractivity contribution in [3.8, 4) is 0 Å². The lowest BCUT2D eigenvalue weighted by atomic mass is 10.1. The Kier molecular flexibility index (Phi) is 5.72. The largest absolute Gasteiger partial charge is 0.316 e. The van der Waals surface area contributed by atoms with Gasteiger partial charge in [-0.1, -0.05) is 6.92 Å². The molecule has 1 fully saturated rings. The van der Waals surface area contributed by atoms with Crippen molar-refractivity contribution in [2.75, 3.05) is 44.7 Å². The predicted molar refractivity (Wildman–Crippen MR) is 67.4 cm³/mol. The van der Waals surface area contributed by atoms with Crippen molar-refractivity contribution in [3.05, 3.63) is 0 Å². The summed E-state index contributed by atoms with van der Waals surface area (Å²) in [4.78, 5) is 2.40. The summed E-state index contributed by atoms with van der Waals surface area (Å²) >= 11 is 0. The molecule has 0 aromatic carbocycles. The maximum absolute atomic E-state index is 11.0. The van der Waals surface area contributed by atoms with Gasteiger partial charge in [-0.2, -0.15) is 0 Å². The van der Waals surface area contributed by atoms with Crippen molar-refractivity contribution >= 4 is 9.84 Å². The number of hydrogen-bond donors (Lipinski definition) is 1. The van der Waals surface area contributed by atoms with Crippen molar-refractivity contribution in [2.24, 2.45) is 5.92 Å². The van der Waals surface area contributed by atoms with Crippen LogP contribution in [0.25, 0.3) is 0 Å². The summed E-state index contributed by atoms with van der Waals surface area (Å²) in [7, 11) is -2.79. The van der Waals surface area contributed by atoms with Crippen LogP contribution in [0.15, 0.2) is 0 Å². The quantitative estimate of drug-likeness (QED) is 0.780. The summed E-state index contributed by atoms with van der Waals surface area (Å²) in [5.74, 6) is 0.967. The van der Waals surface area contributed by atoms with E-state index in [1.165, 1.54) is 6.26 Å². The Morgan fingerprint density at radius 2 is 2.19 bits per heavy atom. The molecule has 0 aromatic heterocycles. The molecule has 1 saturated heterocycles. The molecule has 96 valence electrons. The van der Waals surface area contributed by atoms with Gasteiger partial charge in [0.1, 0.15) is 9.84 Å². The molecule has 16 heavy (non-hydrogen) atoms. The molecule has 1 atom stereocenters. The van der Waals surface area contributed by atoms with Crippen LogP contribution < -0.4 is 5.32 Å². The summed E-state index contributed by atoms with van der Waals surface area (Å²) in [5.41, 5.74) is 0. The van der Waals surface area contributed by atoms with Gasteiger partial charge in [-0.25, -0.2) is 8.42 Å². The minimum atomic E-state index is -2.79. The smallest absolute Gasteiger partial charge is 0.147 e. The zero-order valence-corrected chi connectivity index (χ0v) is 11.2. The van der Waals surface area contributed by atoms with Gasteiger partial charge in [0.25, 0.3) is 0 Å². The average molecular weight is 248 g/mol. The fourth-order valence-electron chi connectivity index (χ4n) is 2.13. The van der Waals surface area contributed by atoms with E-state index < -0.39 is 9.84 Å². The van der Waals surface area contributed by atoms with Gasteiger partial charge in [0, 0.05) is 12.8 Å². The number of nitrogens with one attached hydrogen (secondary N) is 1. The summed E-state index contributed by atoms with van der Waals surface area (Å²) < 4.78 is 22.1. The molecule has 1 unspecified atom stereocenters. The number of hydrogen-bond acceptors (Lipinski definition) is 4. The Morgan fingerprint density at radius 1 is 1.44 bits per heavy atom. The lowest BCUT2D eigenvalue weighted by Crippen LogP contribution is -2.39. The third-order valence-electron chi connectivity index (χ3n) is 2.88. The van der Waals surface area contributed by atoms with Crippen molar-refractivity contribution in [1.82, 2.24) is 10.2 Å². The van der Waals surface area contributed by atoms with Crippen LogP contribution in [0.2, 0.25) is 0 Å². The van der Waals surface area contributed by atoms with Crippen LogP contribution in [0.4, 0.5) is 0 Å². The monoisotopic (exact) mass is 248 g/mol. The minimum absolute atomic E-state index is 0.316. The summed E-state index contributed by atoms with van der Waals surface area (Å²) in [5, 5.41) is 3.42. The van der Waals surface area contributed by atoms with Gasteiger partial charge >= 0.3 is 0 Å². The molecule has 5 heteroatoms.